The highest BCUT2D eigenvalue weighted by Crippen LogP contribution is 2.48. The average Bonchev–Trinajstić information content (AvgIpc) is 2.94. The highest BCUT2D eigenvalue weighted by molar-refractivity contribution is 7.07. The van der Waals surface area contributed by atoms with Crippen molar-refractivity contribution < 1.29 is 9.21 Å². The molecule has 0 bridgehead atoms. The highest BCUT2D eigenvalue weighted by Gasteiger charge is 2.47. The topological polar surface area (TPSA) is 49.6 Å². The highest BCUT2D eigenvalue weighted by atomic mass is 32.1. The second-order valence-corrected chi connectivity index (χ2v) is 6.76. The van der Waals surface area contributed by atoms with Gasteiger partial charge in [0.15, 0.2) is 0 Å². The summed E-state index contributed by atoms with van der Waals surface area (Å²) in [5.74, 6) is 1.70. The lowest BCUT2D eigenvalue weighted by Crippen LogP contribution is -2.48. The Hall–Kier alpha value is -1.66. The fraction of sp³-hybridized carbons (Fsp3) is 0.500. The van der Waals surface area contributed by atoms with Crippen molar-refractivity contribution in [2.75, 3.05) is 26.2 Å². The molecule has 0 N–H and O–H groups in total. The Balaban J connectivity index is 1.28. The fourth-order valence-electron chi connectivity index (χ4n) is 3.19. The Morgan fingerprint density at radius 2 is 2.23 bits per heavy atom. The lowest BCUT2D eigenvalue weighted by Gasteiger charge is -2.34. The Labute approximate surface area is 133 Å². The minimum Gasteiger partial charge on any atom is -0.469 e. The number of rotatable bonds is 4. The molecule has 0 spiro atoms. The number of amides is 1. The molecule has 1 saturated heterocycles. The molecule has 1 saturated carbocycles. The summed E-state index contributed by atoms with van der Waals surface area (Å²) in [6.45, 7) is 4.40. The molecule has 22 heavy (non-hydrogen) atoms. The van der Waals surface area contributed by atoms with Crippen molar-refractivity contribution in [1.82, 2.24) is 14.8 Å². The van der Waals surface area contributed by atoms with E-state index >= 15 is 0 Å². The van der Waals surface area contributed by atoms with Gasteiger partial charge in [0.05, 0.1) is 17.5 Å². The first kappa shape index (κ1) is 14.0. The van der Waals surface area contributed by atoms with Crippen molar-refractivity contribution in [3.63, 3.8) is 0 Å². The van der Waals surface area contributed by atoms with Gasteiger partial charge in [-0.15, -0.1) is 11.3 Å². The van der Waals surface area contributed by atoms with E-state index in [4.69, 9.17) is 4.42 Å². The third-order valence-electron chi connectivity index (χ3n) is 4.57. The van der Waals surface area contributed by atoms with Gasteiger partial charge in [-0.05, 0) is 18.6 Å². The van der Waals surface area contributed by atoms with E-state index in [1.165, 1.54) is 0 Å². The van der Waals surface area contributed by atoms with Gasteiger partial charge >= 0.3 is 0 Å². The van der Waals surface area contributed by atoms with E-state index in [9.17, 15) is 4.79 Å². The van der Waals surface area contributed by atoms with Gasteiger partial charge in [-0.1, -0.05) is 0 Å². The van der Waals surface area contributed by atoms with Crippen LogP contribution >= 0.6 is 11.3 Å². The normalized spacial score (nSPS) is 25.4. The summed E-state index contributed by atoms with van der Waals surface area (Å²) >= 11 is 1.63. The molecular formula is C16H19N3O2S. The van der Waals surface area contributed by atoms with Gasteiger partial charge in [0.25, 0.3) is 0 Å². The van der Waals surface area contributed by atoms with E-state index in [1.807, 2.05) is 22.5 Å². The lowest BCUT2D eigenvalue weighted by atomic mass is 10.2. The number of carbonyl (C=O) groups is 1. The first-order valence-corrected chi connectivity index (χ1v) is 8.67. The third kappa shape index (κ3) is 2.80. The smallest absolute Gasteiger partial charge is 0.226 e. The zero-order chi connectivity index (χ0) is 14.9. The standard InChI is InChI=1S/C16H19N3O2S/c20-16(14-8-13(14)15-2-1-7-21-15)19-5-3-18(4-6-19)9-12-10-22-11-17-12/h1-2,7,10-11,13-14H,3-6,8-9H2/t13-,14+/m1/s1. The molecule has 0 aromatic carbocycles. The van der Waals surface area contributed by atoms with E-state index in [0.717, 1.165) is 50.6 Å². The number of hydrogen-bond acceptors (Lipinski definition) is 5. The monoisotopic (exact) mass is 317 g/mol. The van der Waals surface area contributed by atoms with Crippen LogP contribution < -0.4 is 0 Å². The Morgan fingerprint density at radius 1 is 1.36 bits per heavy atom. The molecule has 2 fully saturated rings. The van der Waals surface area contributed by atoms with Crippen molar-refractivity contribution in [2.45, 2.75) is 18.9 Å². The molecular weight excluding hydrogens is 298 g/mol. The Morgan fingerprint density at radius 3 is 2.91 bits per heavy atom. The number of piperazine rings is 1. The molecule has 3 heterocycles. The van der Waals surface area contributed by atoms with Crippen LogP contribution in [0.2, 0.25) is 0 Å². The van der Waals surface area contributed by atoms with Crippen molar-refractivity contribution in [3.05, 3.63) is 40.7 Å². The number of nitrogens with zero attached hydrogens (tertiary/aromatic N) is 3. The van der Waals surface area contributed by atoms with E-state index in [-0.39, 0.29) is 5.92 Å². The number of carbonyl (C=O) groups excluding carboxylic acids is 1. The van der Waals surface area contributed by atoms with E-state index < -0.39 is 0 Å². The van der Waals surface area contributed by atoms with Gasteiger partial charge in [-0.2, -0.15) is 0 Å². The molecule has 1 aliphatic carbocycles. The summed E-state index contributed by atoms with van der Waals surface area (Å²) in [6, 6.07) is 3.87. The summed E-state index contributed by atoms with van der Waals surface area (Å²) in [5.41, 5.74) is 3.00. The molecule has 2 atom stereocenters. The first-order valence-electron chi connectivity index (χ1n) is 7.73. The number of furan rings is 1. The molecule has 0 unspecified atom stereocenters. The van der Waals surface area contributed by atoms with Gasteiger partial charge in [0.2, 0.25) is 5.91 Å². The Bertz CT molecular complexity index is 618. The molecule has 116 valence electrons. The summed E-state index contributed by atoms with van der Waals surface area (Å²) < 4.78 is 5.42. The zero-order valence-corrected chi connectivity index (χ0v) is 13.2. The summed E-state index contributed by atoms with van der Waals surface area (Å²) in [5, 5.41) is 2.09. The maximum Gasteiger partial charge on any atom is 0.226 e. The van der Waals surface area contributed by atoms with Crippen molar-refractivity contribution in [1.29, 1.82) is 0 Å². The Kier molecular flexibility index (Phi) is 3.72. The van der Waals surface area contributed by atoms with Crippen LogP contribution in [0.3, 0.4) is 0 Å². The van der Waals surface area contributed by atoms with Crippen LogP contribution in [0.15, 0.2) is 33.7 Å². The van der Waals surface area contributed by atoms with E-state index in [2.05, 4.69) is 15.3 Å². The number of thiazole rings is 1. The van der Waals surface area contributed by atoms with Gasteiger partial charge < -0.3 is 9.32 Å². The predicted octanol–water partition coefficient (Wildman–Crippen LogP) is 2.18. The molecule has 0 radical (unpaired) electrons. The van der Waals surface area contributed by atoms with Crippen molar-refractivity contribution in [2.24, 2.45) is 5.92 Å². The largest absolute Gasteiger partial charge is 0.469 e. The van der Waals surface area contributed by atoms with Crippen LogP contribution in [0.1, 0.15) is 23.8 Å². The van der Waals surface area contributed by atoms with Gasteiger partial charge in [-0.25, -0.2) is 4.98 Å². The predicted molar refractivity (Wildman–Crippen MR) is 83.5 cm³/mol. The average molecular weight is 317 g/mol. The van der Waals surface area contributed by atoms with Crippen LogP contribution in [0.25, 0.3) is 0 Å². The molecule has 4 rings (SSSR count). The number of hydrogen-bond donors (Lipinski definition) is 0. The quantitative estimate of drug-likeness (QED) is 0.867. The molecule has 2 aromatic rings. The minimum atomic E-state index is 0.135. The molecule has 6 heteroatoms. The zero-order valence-electron chi connectivity index (χ0n) is 12.4. The van der Waals surface area contributed by atoms with E-state index in [1.54, 1.807) is 17.6 Å². The summed E-state index contributed by atoms with van der Waals surface area (Å²) in [7, 11) is 0. The van der Waals surface area contributed by atoms with Crippen LogP contribution in [0.4, 0.5) is 0 Å². The van der Waals surface area contributed by atoms with Gasteiger partial charge in [-0.3, -0.25) is 9.69 Å². The minimum absolute atomic E-state index is 0.135. The second-order valence-electron chi connectivity index (χ2n) is 6.05. The molecule has 2 aromatic heterocycles. The maximum atomic E-state index is 12.5. The summed E-state index contributed by atoms with van der Waals surface area (Å²) in [4.78, 5) is 21.3. The van der Waals surface area contributed by atoms with E-state index in [0.29, 0.717) is 11.8 Å². The van der Waals surface area contributed by atoms with Gasteiger partial charge in [0, 0.05) is 49.9 Å². The SMILES string of the molecule is O=C([C@H]1C[C@H]1c1ccco1)N1CCN(Cc2cscn2)CC1. The van der Waals surface area contributed by atoms with Crippen molar-refractivity contribution >= 4 is 17.2 Å². The molecule has 1 aliphatic heterocycles. The summed E-state index contributed by atoms with van der Waals surface area (Å²) in [6.07, 6.45) is 2.62. The van der Waals surface area contributed by atoms with Crippen LogP contribution in [-0.2, 0) is 11.3 Å². The van der Waals surface area contributed by atoms with Crippen molar-refractivity contribution in [3.8, 4) is 0 Å². The van der Waals surface area contributed by atoms with Crippen LogP contribution in [-0.4, -0.2) is 46.9 Å². The third-order valence-corrected chi connectivity index (χ3v) is 5.20. The maximum absolute atomic E-state index is 12.5. The van der Waals surface area contributed by atoms with Crippen LogP contribution in [0, 0.1) is 5.92 Å². The molecule has 1 amide bonds. The molecule has 5 nitrogen and oxygen atoms in total. The van der Waals surface area contributed by atoms with Crippen LogP contribution in [0.5, 0.6) is 0 Å². The first-order chi connectivity index (χ1) is 10.8. The van der Waals surface area contributed by atoms with Gasteiger partial charge in [0.1, 0.15) is 5.76 Å². The second kappa shape index (κ2) is 5.85. The fourth-order valence-corrected chi connectivity index (χ4v) is 3.74. The number of aromatic nitrogens is 1. The lowest BCUT2D eigenvalue weighted by molar-refractivity contribution is -0.134. The molecule has 2 aliphatic rings.